The Morgan fingerprint density at radius 3 is 1.26 bits per heavy atom. The van der Waals surface area contributed by atoms with Gasteiger partial charge >= 0.3 is 0 Å². The van der Waals surface area contributed by atoms with E-state index in [2.05, 4.69) is 176 Å². The van der Waals surface area contributed by atoms with Crippen molar-refractivity contribution in [1.29, 1.82) is 5.26 Å². The zero-order valence-electron chi connectivity index (χ0n) is 36.5. The first-order valence-corrected chi connectivity index (χ1v) is 22.5. The zero-order chi connectivity index (χ0) is 45.3. The van der Waals surface area contributed by atoms with Crippen LogP contribution in [0.1, 0.15) is 5.56 Å². The third kappa shape index (κ3) is 6.10. The van der Waals surface area contributed by atoms with Crippen LogP contribution in [0.3, 0.4) is 0 Å². The quantitative estimate of drug-likeness (QED) is 0.124. The van der Waals surface area contributed by atoms with Gasteiger partial charge in [-0.05, 0) is 163 Å². The molecule has 68 heavy (non-hydrogen) atoms. The summed E-state index contributed by atoms with van der Waals surface area (Å²) in [4.78, 5) is 13.1. The third-order valence-corrected chi connectivity index (χ3v) is 13.5. The van der Waals surface area contributed by atoms with Crippen LogP contribution in [0.4, 0.5) is 5.69 Å². The monoisotopic (exact) mass is 864 g/mol. The van der Waals surface area contributed by atoms with Gasteiger partial charge in [-0.25, -0.2) is 4.85 Å². The van der Waals surface area contributed by atoms with E-state index < -0.39 is 0 Å². The molecule has 6 nitrogen and oxygen atoms in total. The van der Waals surface area contributed by atoms with Gasteiger partial charge in [-0.2, -0.15) is 5.26 Å². The minimum absolute atomic E-state index is 0.616. The molecule has 0 atom stereocenters. The minimum atomic E-state index is 0.616. The molecule has 0 aliphatic heterocycles. The van der Waals surface area contributed by atoms with Crippen LogP contribution >= 0.6 is 0 Å². The molecule has 0 amide bonds. The summed E-state index contributed by atoms with van der Waals surface area (Å²) in [6.45, 7) is 7.83. The van der Waals surface area contributed by atoms with Gasteiger partial charge < -0.3 is 9.13 Å². The first-order chi connectivity index (χ1) is 33.6. The van der Waals surface area contributed by atoms with Gasteiger partial charge in [0.25, 0.3) is 0 Å². The summed E-state index contributed by atoms with van der Waals surface area (Å²) in [5.41, 5.74) is 16.3. The molecular weight excluding hydrogens is 829 g/mol. The van der Waals surface area contributed by atoms with Crippen LogP contribution in [0.5, 0.6) is 0 Å². The van der Waals surface area contributed by atoms with Crippen molar-refractivity contribution in [3.63, 3.8) is 0 Å². The molecule has 314 valence electrons. The summed E-state index contributed by atoms with van der Waals surface area (Å²) in [5, 5.41) is 18.7. The summed E-state index contributed by atoms with van der Waals surface area (Å²) >= 11 is 0. The van der Waals surface area contributed by atoms with Crippen molar-refractivity contribution in [3.05, 3.63) is 236 Å². The maximum Gasteiger partial charge on any atom is 0.188 e. The second kappa shape index (κ2) is 15.5. The number of rotatable bonds is 6. The molecule has 0 spiro atoms. The Hall–Kier alpha value is -9.62. The van der Waals surface area contributed by atoms with Gasteiger partial charge in [0.05, 0.1) is 40.3 Å². The number of nitriles is 1. The average Bonchev–Trinajstić information content (AvgIpc) is 3.92. The summed E-state index contributed by atoms with van der Waals surface area (Å²) in [5.74, 6) is 0. The van der Waals surface area contributed by atoms with E-state index in [4.69, 9.17) is 6.57 Å². The van der Waals surface area contributed by atoms with Crippen LogP contribution in [-0.2, 0) is 0 Å². The molecule has 0 aliphatic rings. The number of benzene rings is 9. The lowest BCUT2D eigenvalue weighted by Gasteiger charge is -2.19. The van der Waals surface area contributed by atoms with Gasteiger partial charge in [0.15, 0.2) is 5.69 Å². The normalized spacial score (nSPS) is 11.5. The molecule has 0 saturated carbocycles. The fourth-order valence-electron chi connectivity index (χ4n) is 10.5. The molecule has 13 rings (SSSR count). The summed E-state index contributed by atoms with van der Waals surface area (Å²) in [6, 6.07) is 70.5. The smallest absolute Gasteiger partial charge is 0.188 e. The molecule has 0 unspecified atom stereocenters. The van der Waals surface area contributed by atoms with E-state index in [-0.39, 0.29) is 0 Å². The molecule has 13 aromatic rings. The molecule has 0 aliphatic carbocycles. The highest BCUT2D eigenvalue weighted by atomic mass is 15.0. The Morgan fingerprint density at radius 1 is 0.382 bits per heavy atom. The van der Waals surface area contributed by atoms with E-state index in [9.17, 15) is 5.26 Å². The second-order valence-corrected chi connectivity index (χ2v) is 17.2. The molecular formula is C62H36N6. The SMILES string of the molecule is [C-]#[N+]c1ccc2c(c1)c1cc(-c3ccc4c(-c5cccnc5)c5cc(-c6ccc7c(c6)c6cc(C#N)ccc6n7-c6ccccc6)ccc5c(-c5cccnc5)c4c3)ccc1n2-c1ccccc1. The van der Waals surface area contributed by atoms with Crippen molar-refractivity contribution < 1.29 is 0 Å². The third-order valence-electron chi connectivity index (χ3n) is 13.5. The number of pyridine rings is 2. The van der Waals surface area contributed by atoms with Gasteiger partial charge in [-0.1, -0.05) is 91.0 Å². The van der Waals surface area contributed by atoms with Crippen molar-refractivity contribution in [2.24, 2.45) is 0 Å². The topological polar surface area (TPSA) is 63.8 Å². The summed E-state index contributed by atoms with van der Waals surface area (Å²) < 4.78 is 4.57. The van der Waals surface area contributed by atoms with Crippen LogP contribution in [0, 0.1) is 17.9 Å². The van der Waals surface area contributed by atoms with E-state index in [0.29, 0.717) is 11.3 Å². The van der Waals surface area contributed by atoms with Gasteiger partial charge in [-0.3, -0.25) is 9.97 Å². The van der Waals surface area contributed by atoms with Crippen molar-refractivity contribution in [3.8, 4) is 62.0 Å². The molecule has 9 aromatic carbocycles. The number of para-hydroxylation sites is 2. The maximum absolute atomic E-state index is 9.95. The molecule has 0 bridgehead atoms. The van der Waals surface area contributed by atoms with Crippen LogP contribution in [0.25, 0.3) is 126 Å². The largest absolute Gasteiger partial charge is 0.309 e. The van der Waals surface area contributed by atoms with E-state index in [0.717, 1.165) is 121 Å². The lowest BCUT2D eigenvalue weighted by atomic mass is 9.84. The van der Waals surface area contributed by atoms with Crippen LogP contribution in [-0.4, -0.2) is 19.1 Å². The molecule has 0 radical (unpaired) electrons. The predicted molar refractivity (Wildman–Crippen MR) is 278 cm³/mol. The summed E-state index contributed by atoms with van der Waals surface area (Å²) in [7, 11) is 0. The van der Waals surface area contributed by atoms with Crippen molar-refractivity contribution in [2.45, 2.75) is 0 Å². The fraction of sp³-hybridized carbons (Fsp3) is 0. The Labute approximate surface area is 391 Å². The molecule has 4 heterocycles. The lowest BCUT2D eigenvalue weighted by molar-refractivity contribution is 1.18. The van der Waals surface area contributed by atoms with Crippen LogP contribution in [0.2, 0.25) is 0 Å². The highest BCUT2D eigenvalue weighted by Crippen LogP contribution is 2.47. The number of hydrogen-bond acceptors (Lipinski definition) is 3. The summed E-state index contributed by atoms with van der Waals surface area (Å²) in [6.07, 6.45) is 7.58. The number of hydrogen-bond donors (Lipinski definition) is 0. The van der Waals surface area contributed by atoms with Crippen LogP contribution in [0.15, 0.2) is 219 Å². The first kappa shape index (κ1) is 38.8. The highest BCUT2D eigenvalue weighted by molar-refractivity contribution is 6.23. The van der Waals surface area contributed by atoms with E-state index in [1.807, 2.05) is 73.3 Å². The average molecular weight is 865 g/mol. The van der Waals surface area contributed by atoms with Gasteiger partial charge in [0.1, 0.15) is 0 Å². The van der Waals surface area contributed by atoms with Crippen molar-refractivity contribution in [2.75, 3.05) is 0 Å². The number of fused-ring (bicyclic) bond motifs is 8. The van der Waals surface area contributed by atoms with Gasteiger partial charge in [0.2, 0.25) is 0 Å². The Kier molecular flexibility index (Phi) is 8.86. The maximum atomic E-state index is 9.95. The number of aromatic nitrogens is 4. The standard InChI is InChI=1S/C62H36N6/c1-64-46-21-27-60-54(35-46)53-32-43(20-26-59(53)68(60)48-14-6-3-7-15-48)41-18-23-50-56(34-41)62(45-11-9-29-66-38-45)49-22-17-40(33-55(49)61(50)44-10-8-28-65-37-44)42-19-25-58-52(31-42)51-30-39(36-63)16-24-57(51)67(58)47-12-4-2-5-13-47/h2-35,37-38H. The molecule has 6 heteroatoms. The fourth-order valence-corrected chi connectivity index (χ4v) is 10.5. The predicted octanol–water partition coefficient (Wildman–Crippen LogP) is 16.1. The minimum Gasteiger partial charge on any atom is -0.309 e. The molecule has 0 saturated heterocycles. The van der Waals surface area contributed by atoms with Crippen LogP contribution < -0.4 is 0 Å². The highest BCUT2D eigenvalue weighted by Gasteiger charge is 2.21. The van der Waals surface area contributed by atoms with Crippen molar-refractivity contribution in [1.82, 2.24) is 19.1 Å². The Morgan fingerprint density at radius 2 is 0.809 bits per heavy atom. The molecule has 0 N–H and O–H groups in total. The molecule has 0 fully saturated rings. The Balaban J connectivity index is 1.05. The van der Waals surface area contributed by atoms with Gasteiger partial charge in [-0.15, -0.1) is 0 Å². The van der Waals surface area contributed by atoms with Crippen molar-refractivity contribution >= 4 is 70.8 Å². The van der Waals surface area contributed by atoms with E-state index in [1.165, 1.54) is 0 Å². The lowest BCUT2D eigenvalue weighted by Crippen LogP contribution is -1.94. The van der Waals surface area contributed by atoms with Gasteiger partial charge in [0, 0.05) is 63.4 Å². The second-order valence-electron chi connectivity index (χ2n) is 17.2. The number of nitrogens with zero attached hydrogens (tertiary/aromatic N) is 6. The zero-order valence-corrected chi connectivity index (χ0v) is 36.5. The first-order valence-electron chi connectivity index (χ1n) is 22.5. The Bertz CT molecular complexity index is 3970. The molecule has 4 aromatic heterocycles. The van der Waals surface area contributed by atoms with E-state index >= 15 is 0 Å². The van der Waals surface area contributed by atoms with E-state index in [1.54, 1.807) is 0 Å².